The molecule has 4 atom stereocenters. The number of aromatic carboxylic acids is 1. The normalized spacial score (nSPS) is 22.2. The molecule has 1 fully saturated rings. The molecule has 0 saturated carbocycles. The Morgan fingerprint density at radius 2 is 1.97 bits per heavy atom. The molecule has 3 aromatic rings. The highest BCUT2D eigenvalue weighted by molar-refractivity contribution is 6.31. The fraction of sp³-hybridized carbons (Fsp3) is 0.214. The smallest absolute Gasteiger partial charge is 0.354 e. The van der Waals surface area contributed by atoms with Crippen molar-refractivity contribution in [3.63, 3.8) is 0 Å². The van der Waals surface area contributed by atoms with E-state index in [-0.39, 0.29) is 39.0 Å². The maximum Gasteiger partial charge on any atom is 0.354 e. The highest BCUT2D eigenvalue weighted by Gasteiger charge is 2.60. The van der Waals surface area contributed by atoms with Gasteiger partial charge in [-0.25, -0.2) is 18.6 Å². The second-order valence-electron chi connectivity index (χ2n) is 9.31. The van der Waals surface area contributed by atoms with E-state index in [0.717, 1.165) is 12.3 Å². The zero-order valence-corrected chi connectivity index (χ0v) is 22.0. The van der Waals surface area contributed by atoms with Crippen LogP contribution in [0, 0.1) is 23.0 Å². The van der Waals surface area contributed by atoms with Gasteiger partial charge in [-0.3, -0.25) is 4.79 Å². The Kier molecular flexibility index (Phi) is 8.02. The molecular formula is C28H22Cl2F2N4O3. The number of amides is 1. The summed E-state index contributed by atoms with van der Waals surface area (Å²) in [5.41, 5.74) is -1.35. The van der Waals surface area contributed by atoms with E-state index >= 15 is 8.78 Å². The lowest BCUT2D eigenvalue weighted by Gasteiger charge is -2.35. The van der Waals surface area contributed by atoms with Crippen LogP contribution in [0.25, 0.3) is 0 Å². The number of hydrogen-bond donors (Lipinski definition) is 3. The lowest BCUT2D eigenvalue weighted by Crippen LogP contribution is -2.43. The third-order valence-electron chi connectivity index (χ3n) is 6.72. The molecule has 3 N–H and O–H groups in total. The van der Waals surface area contributed by atoms with Gasteiger partial charge in [0.05, 0.1) is 29.0 Å². The quantitative estimate of drug-likeness (QED) is 0.307. The number of hydrogen-bond acceptors (Lipinski definition) is 5. The van der Waals surface area contributed by atoms with E-state index in [2.05, 4.69) is 28.3 Å². The van der Waals surface area contributed by atoms with E-state index in [4.69, 9.17) is 28.3 Å². The van der Waals surface area contributed by atoms with Crippen molar-refractivity contribution < 1.29 is 23.5 Å². The molecule has 0 aliphatic carbocycles. The number of carboxylic acid groups (broad SMARTS) is 1. The highest BCUT2D eigenvalue weighted by Crippen LogP contribution is 2.52. The molecule has 39 heavy (non-hydrogen) atoms. The van der Waals surface area contributed by atoms with Crippen LogP contribution in [-0.4, -0.2) is 34.1 Å². The van der Waals surface area contributed by atoms with E-state index in [9.17, 15) is 14.9 Å². The Bertz CT molecular complexity index is 1510. The maximum atomic E-state index is 15.6. The molecule has 200 valence electrons. The number of rotatable bonds is 7. The van der Waals surface area contributed by atoms with Crippen molar-refractivity contribution >= 4 is 40.8 Å². The molecule has 2 heterocycles. The van der Waals surface area contributed by atoms with Crippen LogP contribution in [0.1, 0.15) is 40.9 Å². The van der Waals surface area contributed by atoms with E-state index in [1.54, 1.807) is 6.92 Å². The van der Waals surface area contributed by atoms with Crippen LogP contribution in [0.15, 0.2) is 66.9 Å². The molecule has 0 bridgehead atoms. The number of nitrogens with zero attached hydrogens (tertiary/aromatic N) is 2. The van der Waals surface area contributed by atoms with Gasteiger partial charge < -0.3 is 15.7 Å². The Morgan fingerprint density at radius 1 is 1.23 bits per heavy atom. The van der Waals surface area contributed by atoms with E-state index < -0.39 is 46.9 Å². The third-order valence-corrected chi connectivity index (χ3v) is 7.24. The Morgan fingerprint density at radius 3 is 2.56 bits per heavy atom. The van der Waals surface area contributed by atoms with Crippen LogP contribution >= 0.6 is 23.2 Å². The predicted octanol–water partition coefficient (Wildman–Crippen LogP) is 5.86. The second-order valence-corrected chi connectivity index (χ2v) is 10.2. The SMILES string of the molecule is C=C(C)C[C@@H]1N[C@@H](C(=O)Nc2ccc(C(=O)O)nc2)[C@H](c2cccc(Cl)c2F)[C@@]1(C#N)c1ccc(Cl)cc1F. The minimum Gasteiger partial charge on any atom is -0.477 e. The van der Waals surface area contributed by atoms with Crippen LogP contribution in [0.4, 0.5) is 14.5 Å². The Balaban J connectivity index is 1.91. The van der Waals surface area contributed by atoms with Crippen LogP contribution < -0.4 is 10.6 Å². The summed E-state index contributed by atoms with van der Waals surface area (Å²) in [5.74, 6) is -4.82. The van der Waals surface area contributed by atoms with Crippen LogP contribution in [-0.2, 0) is 10.2 Å². The summed E-state index contributed by atoms with van der Waals surface area (Å²) in [4.78, 5) is 28.6. The number of benzene rings is 2. The van der Waals surface area contributed by atoms with Crippen molar-refractivity contribution in [2.45, 2.75) is 36.8 Å². The number of halogens is 4. The minimum absolute atomic E-state index is 0.0605. The number of carbonyl (C=O) groups excluding carboxylic acids is 1. The Labute approximate surface area is 233 Å². The first-order valence-electron chi connectivity index (χ1n) is 11.7. The highest BCUT2D eigenvalue weighted by atomic mass is 35.5. The number of aromatic nitrogens is 1. The molecule has 7 nitrogen and oxygen atoms in total. The summed E-state index contributed by atoms with van der Waals surface area (Å²) in [6.45, 7) is 5.64. The van der Waals surface area contributed by atoms with Gasteiger partial charge in [0, 0.05) is 22.5 Å². The second kappa shape index (κ2) is 11.1. The first kappa shape index (κ1) is 28.2. The van der Waals surface area contributed by atoms with Gasteiger partial charge in [0.25, 0.3) is 0 Å². The molecule has 4 rings (SSSR count). The van der Waals surface area contributed by atoms with Crippen molar-refractivity contribution in [3.8, 4) is 6.07 Å². The molecule has 1 aliphatic rings. The molecule has 1 aromatic heterocycles. The number of nitriles is 1. The van der Waals surface area contributed by atoms with Gasteiger partial charge in [0.15, 0.2) is 0 Å². The van der Waals surface area contributed by atoms with Crippen LogP contribution in [0.5, 0.6) is 0 Å². The average molecular weight is 571 g/mol. The lowest BCUT2D eigenvalue weighted by molar-refractivity contribution is -0.118. The van der Waals surface area contributed by atoms with Gasteiger partial charge >= 0.3 is 5.97 Å². The van der Waals surface area contributed by atoms with Gasteiger partial charge in [0.2, 0.25) is 5.91 Å². The Hall–Kier alpha value is -3.84. The van der Waals surface area contributed by atoms with Gasteiger partial charge in [0.1, 0.15) is 22.7 Å². The number of carbonyl (C=O) groups is 2. The standard InChI is InChI=1S/C28H22Cl2F2N4O3/c1-14(2)10-22-28(13-33,18-8-6-15(29)11-20(18)31)23(17-4-3-5-19(30)24(17)32)25(36-22)26(37)35-16-7-9-21(27(38)39)34-12-16/h3-9,11-12,22-23,25,36H,1,10H2,2H3,(H,35,37)(H,38,39)/t22-,23-,25+,28-/m0/s1. The van der Waals surface area contributed by atoms with Crippen LogP contribution in [0.3, 0.4) is 0 Å². The largest absolute Gasteiger partial charge is 0.477 e. The third kappa shape index (κ3) is 5.23. The van der Waals surface area contributed by atoms with E-state index in [1.807, 2.05) is 0 Å². The summed E-state index contributed by atoms with van der Waals surface area (Å²) in [7, 11) is 0. The molecule has 1 aliphatic heterocycles. The number of carboxylic acids is 1. The van der Waals surface area contributed by atoms with Crippen molar-refractivity contribution in [3.05, 3.63) is 105 Å². The van der Waals surface area contributed by atoms with Crippen LogP contribution in [0.2, 0.25) is 10.0 Å². The fourth-order valence-electron chi connectivity index (χ4n) is 5.11. The number of anilines is 1. The molecule has 0 radical (unpaired) electrons. The summed E-state index contributed by atoms with van der Waals surface area (Å²) < 4.78 is 31.1. The fourth-order valence-corrected chi connectivity index (χ4v) is 5.45. The van der Waals surface area contributed by atoms with Gasteiger partial charge in [-0.05, 0) is 49.2 Å². The predicted molar refractivity (Wildman–Crippen MR) is 143 cm³/mol. The first-order chi connectivity index (χ1) is 18.5. The van der Waals surface area contributed by atoms with Gasteiger partial charge in [-0.1, -0.05) is 47.0 Å². The lowest BCUT2D eigenvalue weighted by atomic mass is 9.64. The van der Waals surface area contributed by atoms with Crippen molar-refractivity contribution in [1.82, 2.24) is 10.3 Å². The monoisotopic (exact) mass is 570 g/mol. The van der Waals surface area contributed by atoms with Gasteiger partial charge in [-0.15, -0.1) is 6.58 Å². The van der Waals surface area contributed by atoms with Crippen molar-refractivity contribution in [2.75, 3.05) is 5.32 Å². The van der Waals surface area contributed by atoms with E-state index in [1.165, 1.54) is 42.5 Å². The molecular weight excluding hydrogens is 549 g/mol. The number of pyridine rings is 1. The molecule has 1 amide bonds. The molecule has 1 saturated heterocycles. The minimum atomic E-state index is -1.80. The van der Waals surface area contributed by atoms with Crippen molar-refractivity contribution in [1.29, 1.82) is 5.26 Å². The van der Waals surface area contributed by atoms with Crippen molar-refractivity contribution in [2.24, 2.45) is 0 Å². The van der Waals surface area contributed by atoms with E-state index in [0.29, 0.717) is 5.57 Å². The summed E-state index contributed by atoms with van der Waals surface area (Å²) in [5, 5.41) is 25.5. The van der Waals surface area contributed by atoms with Gasteiger partial charge in [-0.2, -0.15) is 5.26 Å². The summed E-state index contributed by atoms with van der Waals surface area (Å²) >= 11 is 12.1. The molecule has 2 aromatic carbocycles. The molecule has 0 unspecified atom stereocenters. The zero-order chi connectivity index (χ0) is 28.5. The first-order valence-corrected chi connectivity index (χ1v) is 12.5. The molecule has 11 heteroatoms. The topological polar surface area (TPSA) is 115 Å². The summed E-state index contributed by atoms with van der Waals surface area (Å²) in [6, 6.07) is 10.7. The maximum absolute atomic E-state index is 15.6. The average Bonchev–Trinajstić information content (AvgIpc) is 3.20. The molecule has 0 spiro atoms. The summed E-state index contributed by atoms with van der Waals surface area (Å²) in [6.07, 6.45) is 1.32. The zero-order valence-electron chi connectivity index (χ0n) is 20.5. The number of nitrogens with one attached hydrogen (secondary N) is 2.